The predicted octanol–water partition coefficient (Wildman–Crippen LogP) is 2.09. The standard InChI is InChI=1S/C11H14ClN5/c12-8-1-3-9(4-2-8)15-10-11-16-14-7-17(11)6-5-13-10/h5-9H,1-4H2,(H,13,15). The molecule has 0 spiro atoms. The molecule has 0 amide bonds. The Bertz CT molecular complexity index is 503. The van der Waals surface area contributed by atoms with Crippen LogP contribution in [-0.4, -0.2) is 31.0 Å². The topological polar surface area (TPSA) is 55.1 Å². The minimum absolute atomic E-state index is 0.338. The summed E-state index contributed by atoms with van der Waals surface area (Å²) in [6.45, 7) is 0. The lowest BCUT2D eigenvalue weighted by Crippen LogP contribution is -2.27. The summed E-state index contributed by atoms with van der Waals surface area (Å²) in [6.07, 6.45) is 9.58. The Kier molecular flexibility index (Phi) is 2.84. The van der Waals surface area contributed by atoms with Crippen LogP contribution in [0.4, 0.5) is 5.82 Å². The summed E-state index contributed by atoms with van der Waals surface area (Å²) in [5, 5.41) is 11.7. The summed E-state index contributed by atoms with van der Waals surface area (Å²) in [4.78, 5) is 4.32. The molecule has 2 aromatic heterocycles. The second-order valence-corrected chi connectivity index (χ2v) is 5.05. The zero-order valence-electron chi connectivity index (χ0n) is 9.38. The van der Waals surface area contributed by atoms with Gasteiger partial charge in [0.1, 0.15) is 6.33 Å². The number of alkyl halides is 1. The van der Waals surface area contributed by atoms with Crippen LogP contribution in [0.5, 0.6) is 0 Å². The molecule has 0 aliphatic heterocycles. The van der Waals surface area contributed by atoms with E-state index in [1.165, 1.54) is 0 Å². The summed E-state index contributed by atoms with van der Waals surface area (Å²) in [5.41, 5.74) is 0.778. The van der Waals surface area contributed by atoms with Crippen molar-refractivity contribution in [1.82, 2.24) is 19.6 Å². The molecule has 1 saturated carbocycles. The fourth-order valence-corrected chi connectivity index (χ4v) is 2.50. The molecule has 0 radical (unpaired) electrons. The van der Waals surface area contributed by atoms with Crippen LogP contribution < -0.4 is 5.32 Å². The zero-order chi connectivity index (χ0) is 11.7. The Labute approximate surface area is 104 Å². The molecule has 0 unspecified atom stereocenters. The van der Waals surface area contributed by atoms with E-state index in [9.17, 15) is 0 Å². The van der Waals surface area contributed by atoms with E-state index in [4.69, 9.17) is 11.6 Å². The summed E-state index contributed by atoms with van der Waals surface area (Å²) in [6, 6.07) is 0.445. The van der Waals surface area contributed by atoms with E-state index >= 15 is 0 Å². The third-order valence-corrected chi connectivity index (χ3v) is 3.65. The number of aromatic nitrogens is 4. The van der Waals surface area contributed by atoms with Gasteiger partial charge in [-0.2, -0.15) is 0 Å². The largest absolute Gasteiger partial charge is 0.364 e. The minimum atomic E-state index is 0.338. The van der Waals surface area contributed by atoms with Gasteiger partial charge in [0.2, 0.25) is 5.65 Å². The molecule has 0 aromatic carbocycles. The van der Waals surface area contributed by atoms with Crippen molar-refractivity contribution < 1.29 is 0 Å². The molecule has 1 aliphatic carbocycles. The zero-order valence-corrected chi connectivity index (χ0v) is 10.1. The smallest absolute Gasteiger partial charge is 0.203 e. The minimum Gasteiger partial charge on any atom is -0.364 e. The molecule has 90 valence electrons. The summed E-state index contributed by atoms with van der Waals surface area (Å²) in [7, 11) is 0. The first-order valence-corrected chi connectivity index (χ1v) is 6.31. The van der Waals surface area contributed by atoms with Crippen molar-refractivity contribution in [2.24, 2.45) is 0 Å². The van der Waals surface area contributed by atoms with Gasteiger partial charge in [0.25, 0.3) is 0 Å². The first kappa shape index (κ1) is 10.8. The van der Waals surface area contributed by atoms with Gasteiger partial charge in [-0.1, -0.05) is 0 Å². The van der Waals surface area contributed by atoms with Crippen LogP contribution >= 0.6 is 11.6 Å². The predicted molar refractivity (Wildman–Crippen MR) is 66.3 cm³/mol. The normalized spacial score (nSPS) is 25.0. The van der Waals surface area contributed by atoms with Crippen LogP contribution in [0.15, 0.2) is 18.7 Å². The molecule has 1 N–H and O–H groups in total. The highest BCUT2D eigenvalue weighted by Gasteiger charge is 2.20. The molecular formula is C11H14ClN5. The number of anilines is 1. The average molecular weight is 252 g/mol. The molecule has 0 saturated heterocycles. The lowest BCUT2D eigenvalue weighted by atomic mass is 9.95. The van der Waals surface area contributed by atoms with Gasteiger partial charge in [-0.15, -0.1) is 21.8 Å². The molecule has 2 heterocycles. The number of rotatable bonds is 2. The van der Waals surface area contributed by atoms with Gasteiger partial charge >= 0.3 is 0 Å². The van der Waals surface area contributed by atoms with E-state index < -0.39 is 0 Å². The highest BCUT2D eigenvalue weighted by atomic mass is 35.5. The van der Waals surface area contributed by atoms with Crippen LogP contribution in [-0.2, 0) is 0 Å². The molecule has 5 nitrogen and oxygen atoms in total. The Balaban J connectivity index is 1.78. The highest BCUT2D eigenvalue weighted by Crippen LogP contribution is 2.25. The summed E-state index contributed by atoms with van der Waals surface area (Å²) < 4.78 is 1.86. The van der Waals surface area contributed by atoms with Crippen LogP contribution in [0, 0.1) is 0 Å². The van der Waals surface area contributed by atoms with Crippen molar-refractivity contribution >= 4 is 23.1 Å². The second kappa shape index (κ2) is 4.49. The Hall–Kier alpha value is -1.36. The third-order valence-electron chi connectivity index (χ3n) is 3.21. The van der Waals surface area contributed by atoms with Crippen molar-refractivity contribution in [2.75, 3.05) is 5.32 Å². The van der Waals surface area contributed by atoms with Crippen molar-refractivity contribution in [3.63, 3.8) is 0 Å². The maximum atomic E-state index is 6.09. The van der Waals surface area contributed by atoms with Crippen LogP contribution in [0.2, 0.25) is 0 Å². The number of nitrogens with zero attached hydrogens (tertiary/aromatic N) is 4. The van der Waals surface area contributed by atoms with Crippen molar-refractivity contribution in [1.29, 1.82) is 0 Å². The Morgan fingerprint density at radius 1 is 1.29 bits per heavy atom. The molecular weight excluding hydrogens is 238 g/mol. The van der Waals surface area contributed by atoms with Gasteiger partial charge in [-0.05, 0) is 25.7 Å². The van der Waals surface area contributed by atoms with Gasteiger partial charge in [0.05, 0.1) is 0 Å². The third kappa shape index (κ3) is 2.20. The van der Waals surface area contributed by atoms with E-state index in [1.54, 1.807) is 12.5 Å². The maximum Gasteiger partial charge on any atom is 0.203 e. The van der Waals surface area contributed by atoms with E-state index in [-0.39, 0.29) is 0 Å². The average Bonchev–Trinajstić information content (AvgIpc) is 2.81. The molecule has 3 rings (SSSR count). The molecule has 1 fully saturated rings. The van der Waals surface area contributed by atoms with Crippen molar-refractivity contribution in [3.8, 4) is 0 Å². The quantitative estimate of drug-likeness (QED) is 0.831. The molecule has 6 heteroatoms. The molecule has 2 aromatic rings. The molecule has 0 atom stereocenters. The van der Waals surface area contributed by atoms with Crippen molar-refractivity contribution in [2.45, 2.75) is 37.1 Å². The fourth-order valence-electron chi connectivity index (χ4n) is 2.25. The van der Waals surface area contributed by atoms with Gasteiger partial charge < -0.3 is 5.32 Å². The van der Waals surface area contributed by atoms with E-state index in [1.807, 2.05) is 10.6 Å². The van der Waals surface area contributed by atoms with Crippen molar-refractivity contribution in [3.05, 3.63) is 18.7 Å². The molecule has 0 bridgehead atoms. The van der Waals surface area contributed by atoms with E-state index in [0.717, 1.165) is 37.1 Å². The molecule has 17 heavy (non-hydrogen) atoms. The van der Waals surface area contributed by atoms with E-state index in [0.29, 0.717) is 11.4 Å². The first-order valence-electron chi connectivity index (χ1n) is 5.88. The van der Waals surface area contributed by atoms with Crippen LogP contribution in [0.1, 0.15) is 25.7 Å². The number of hydrogen-bond acceptors (Lipinski definition) is 4. The maximum absolute atomic E-state index is 6.09. The van der Waals surface area contributed by atoms with Crippen LogP contribution in [0.3, 0.4) is 0 Å². The lowest BCUT2D eigenvalue weighted by molar-refractivity contribution is 0.467. The van der Waals surface area contributed by atoms with Gasteiger partial charge in [0, 0.05) is 23.8 Å². The monoisotopic (exact) mass is 251 g/mol. The number of hydrogen-bond donors (Lipinski definition) is 1. The highest BCUT2D eigenvalue weighted by molar-refractivity contribution is 6.20. The van der Waals surface area contributed by atoms with Gasteiger partial charge in [-0.3, -0.25) is 4.40 Å². The number of fused-ring (bicyclic) bond motifs is 1. The SMILES string of the molecule is ClC1CCC(Nc2nccn3cnnc23)CC1. The Morgan fingerprint density at radius 2 is 2.12 bits per heavy atom. The number of nitrogens with one attached hydrogen (secondary N) is 1. The van der Waals surface area contributed by atoms with Crippen LogP contribution in [0.25, 0.3) is 5.65 Å². The fraction of sp³-hybridized carbons (Fsp3) is 0.545. The first-order chi connectivity index (χ1) is 8.33. The lowest BCUT2D eigenvalue weighted by Gasteiger charge is -2.26. The summed E-state index contributed by atoms with van der Waals surface area (Å²) in [5.74, 6) is 0.808. The number of halogens is 1. The molecule has 1 aliphatic rings. The Morgan fingerprint density at radius 3 is 2.94 bits per heavy atom. The summed E-state index contributed by atoms with van der Waals surface area (Å²) >= 11 is 6.09. The van der Waals surface area contributed by atoms with Gasteiger partial charge in [-0.25, -0.2) is 4.98 Å². The second-order valence-electron chi connectivity index (χ2n) is 4.43. The van der Waals surface area contributed by atoms with E-state index in [2.05, 4.69) is 20.5 Å². The van der Waals surface area contributed by atoms with Gasteiger partial charge in [0.15, 0.2) is 5.82 Å².